The zero-order valence-corrected chi connectivity index (χ0v) is 17.4. The summed E-state index contributed by atoms with van der Waals surface area (Å²) in [5.41, 5.74) is 6.47. The van der Waals surface area contributed by atoms with Crippen molar-refractivity contribution in [1.29, 1.82) is 0 Å². The van der Waals surface area contributed by atoms with Crippen LogP contribution < -0.4 is 0 Å². The third kappa shape index (κ3) is 6.48. The molecule has 2 aliphatic rings. The summed E-state index contributed by atoms with van der Waals surface area (Å²) in [5, 5.41) is 17.7. The number of hydrogen-bond acceptors (Lipinski definition) is 5. The predicted octanol–water partition coefficient (Wildman–Crippen LogP) is 3.08. The third-order valence-electron chi connectivity index (χ3n) is 5.14. The van der Waals surface area contributed by atoms with Gasteiger partial charge in [0.1, 0.15) is 0 Å². The maximum absolute atomic E-state index is 12.6. The van der Waals surface area contributed by atoms with Crippen molar-refractivity contribution in [1.82, 2.24) is 4.90 Å². The van der Waals surface area contributed by atoms with Crippen LogP contribution in [0.2, 0.25) is 0 Å². The molecule has 0 saturated carbocycles. The number of aliphatic carboxylic acids is 2. The molecule has 1 aromatic carbocycles. The second-order valence-electron chi connectivity index (χ2n) is 7.21. The fourth-order valence-electron chi connectivity index (χ4n) is 3.70. The number of Topliss-reactive ketones (excluding diaryl/α,β-unsaturated/α-hetero) is 1. The van der Waals surface area contributed by atoms with Crippen LogP contribution in [0.15, 0.2) is 53.4 Å². The van der Waals surface area contributed by atoms with E-state index in [4.69, 9.17) is 10.2 Å². The summed E-state index contributed by atoms with van der Waals surface area (Å²) in [4.78, 5) is 35.0. The van der Waals surface area contributed by atoms with Crippen molar-refractivity contribution >= 4 is 64.2 Å². The molecule has 1 fully saturated rings. The van der Waals surface area contributed by atoms with Gasteiger partial charge in [-0.3, -0.25) is 4.79 Å². The quantitative estimate of drug-likeness (QED) is 0.541. The molecule has 8 heteroatoms. The molecule has 1 saturated heterocycles. The molecular weight excluding hydrogens is 425 g/mol. The van der Waals surface area contributed by atoms with E-state index in [9.17, 15) is 14.4 Å². The van der Waals surface area contributed by atoms with Crippen LogP contribution in [-0.4, -0.2) is 82.5 Å². The summed E-state index contributed by atoms with van der Waals surface area (Å²) in [7, 11) is 2.18. The van der Waals surface area contributed by atoms with Gasteiger partial charge in [0.15, 0.2) is 5.78 Å². The summed E-state index contributed by atoms with van der Waals surface area (Å²) in [5.74, 6) is -2.25. The maximum atomic E-state index is 12.6. The number of ketones is 1. The van der Waals surface area contributed by atoms with Gasteiger partial charge in [0.05, 0.1) is 4.88 Å². The van der Waals surface area contributed by atoms with Crippen LogP contribution in [0.1, 0.15) is 39.2 Å². The number of carbonyl (C=O) groups is 3. The molecule has 31 heavy (non-hydrogen) atoms. The molecule has 1 aliphatic heterocycles. The monoisotopic (exact) mass is 449 g/mol. The molecule has 2 heterocycles. The molecule has 2 aromatic rings. The predicted molar refractivity (Wildman–Crippen MR) is 123 cm³/mol. The van der Waals surface area contributed by atoms with E-state index in [1.165, 1.54) is 27.8 Å². The van der Waals surface area contributed by atoms with Crippen molar-refractivity contribution in [2.75, 3.05) is 20.1 Å². The van der Waals surface area contributed by atoms with E-state index in [-0.39, 0.29) is 35.3 Å². The number of hydrogen-bond donors (Lipinski definition) is 2. The summed E-state index contributed by atoms with van der Waals surface area (Å²) >= 11 is 1.59. The summed E-state index contributed by atoms with van der Waals surface area (Å²) in [6, 6.07) is 10.6. The first-order valence-corrected chi connectivity index (χ1v) is 10.5. The minimum absolute atomic E-state index is 0. The molecule has 2 N–H and O–H groups in total. The molecule has 4 rings (SSSR count). The van der Waals surface area contributed by atoms with Crippen LogP contribution in [0, 0.1) is 0 Å². The Morgan fingerprint density at radius 2 is 1.61 bits per heavy atom. The van der Waals surface area contributed by atoms with Crippen molar-refractivity contribution < 1.29 is 24.6 Å². The van der Waals surface area contributed by atoms with Crippen LogP contribution in [0.4, 0.5) is 0 Å². The van der Waals surface area contributed by atoms with Gasteiger partial charge in [-0.25, -0.2) is 9.59 Å². The third-order valence-corrected chi connectivity index (χ3v) is 6.09. The van der Waals surface area contributed by atoms with Gasteiger partial charge < -0.3 is 15.1 Å². The number of carboxylic acids is 2. The van der Waals surface area contributed by atoms with Crippen molar-refractivity contribution in [2.45, 2.75) is 19.3 Å². The van der Waals surface area contributed by atoms with Crippen molar-refractivity contribution in [2.24, 2.45) is 0 Å². The normalized spacial score (nSPS) is 15.8. The SMILES string of the molecule is CN1CCC(=C2c3ccccc3CC(=O)c3sccc32)CC1.O=C(O)/C=C/C(=O)O.[NaH]. The fraction of sp³-hybridized carbons (Fsp3) is 0.261. The molecule has 0 radical (unpaired) electrons. The Morgan fingerprint density at radius 1 is 1.00 bits per heavy atom. The zero-order chi connectivity index (χ0) is 21.7. The number of rotatable bonds is 2. The molecule has 158 valence electrons. The average molecular weight is 450 g/mol. The van der Waals surface area contributed by atoms with Gasteiger partial charge in [0, 0.05) is 37.2 Å². The van der Waals surface area contributed by atoms with Crippen LogP contribution >= 0.6 is 11.3 Å². The number of carbonyl (C=O) groups excluding carboxylic acids is 1. The molecule has 6 nitrogen and oxygen atoms in total. The number of likely N-dealkylation sites (tertiary alicyclic amines) is 1. The van der Waals surface area contributed by atoms with Gasteiger partial charge in [0.2, 0.25) is 0 Å². The van der Waals surface area contributed by atoms with Crippen molar-refractivity contribution in [3.8, 4) is 0 Å². The second kappa shape index (κ2) is 11.5. The van der Waals surface area contributed by atoms with Crippen LogP contribution in [0.25, 0.3) is 5.57 Å². The molecule has 0 atom stereocenters. The fourth-order valence-corrected chi connectivity index (χ4v) is 4.54. The van der Waals surface area contributed by atoms with E-state index in [0.717, 1.165) is 30.8 Å². The second-order valence-corrected chi connectivity index (χ2v) is 8.13. The standard InChI is InChI=1S/C19H19NOS.C4H4O4.Na.H/c1-20-9-6-13(7-10-20)18-15-5-3-2-4-14(15)12-17(21)19-16(18)8-11-22-19;5-3(6)1-2-4(7)8;;/h2-5,8,11H,6-7,9-10,12H2,1H3;1-2H,(H,5,6)(H,7,8);;/b;2-1+;;. The average Bonchev–Trinajstić information content (AvgIpc) is 3.15. The van der Waals surface area contributed by atoms with E-state index in [0.29, 0.717) is 18.6 Å². The number of fused-ring (bicyclic) bond motifs is 2. The first-order valence-electron chi connectivity index (χ1n) is 9.60. The van der Waals surface area contributed by atoms with E-state index in [2.05, 4.69) is 41.6 Å². The first kappa shape index (κ1) is 25.2. The van der Waals surface area contributed by atoms with Gasteiger partial charge >= 0.3 is 41.5 Å². The Hall–Kier alpha value is -2.03. The Labute approximate surface area is 207 Å². The van der Waals surface area contributed by atoms with E-state index >= 15 is 0 Å². The number of carboxylic acid groups (broad SMARTS) is 2. The van der Waals surface area contributed by atoms with E-state index in [1.807, 2.05) is 6.07 Å². The molecule has 0 bridgehead atoms. The van der Waals surface area contributed by atoms with Gasteiger partial charge in [-0.05, 0) is 48.0 Å². The van der Waals surface area contributed by atoms with Gasteiger partial charge in [-0.15, -0.1) is 11.3 Å². The Morgan fingerprint density at radius 3 is 2.23 bits per heavy atom. The van der Waals surface area contributed by atoms with Gasteiger partial charge in [0.25, 0.3) is 0 Å². The first-order chi connectivity index (χ1) is 14.4. The minimum atomic E-state index is -1.26. The molecular formula is C23H24NNaO5S. The number of benzene rings is 1. The summed E-state index contributed by atoms with van der Waals surface area (Å²) in [6.07, 6.45) is 3.85. The Kier molecular flexibility index (Phi) is 9.40. The van der Waals surface area contributed by atoms with Crippen molar-refractivity contribution in [3.05, 3.63) is 75.0 Å². The molecule has 1 aliphatic carbocycles. The van der Waals surface area contributed by atoms with Crippen LogP contribution in [0.3, 0.4) is 0 Å². The summed E-state index contributed by atoms with van der Waals surface area (Å²) in [6.45, 7) is 2.21. The van der Waals surface area contributed by atoms with E-state index < -0.39 is 11.9 Å². The van der Waals surface area contributed by atoms with Crippen molar-refractivity contribution in [3.63, 3.8) is 0 Å². The number of nitrogens with zero attached hydrogens (tertiary/aromatic N) is 1. The topological polar surface area (TPSA) is 94.9 Å². The van der Waals surface area contributed by atoms with Crippen LogP contribution in [-0.2, 0) is 16.0 Å². The van der Waals surface area contributed by atoms with Gasteiger partial charge in [-0.2, -0.15) is 0 Å². The van der Waals surface area contributed by atoms with Gasteiger partial charge in [-0.1, -0.05) is 29.8 Å². The Bertz CT molecular complexity index is 1010. The Balaban J connectivity index is 0.000000329. The molecule has 1 aromatic heterocycles. The zero-order valence-electron chi connectivity index (χ0n) is 16.6. The molecule has 0 unspecified atom stereocenters. The number of piperidine rings is 1. The van der Waals surface area contributed by atoms with E-state index in [1.54, 1.807) is 11.3 Å². The summed E-state index contributed by atoms with van der Waals surface area (Å²) < 4.78 is 0. The van der Waals surface area contributed by atoms with Crippen LogP contribution in [0.5, 0.6) is 0 Å². The molecule has 0 amide bonds. The molecule has 0 spiro atoms. The number of thiophene rings is 1.